The number of carbonyl (C=O) groups excluding carboxylic acids is 2. The Bertz CT molecular complexity index is 913. The molecule has 2 aromatic rings. The Morgan fingerprint density at radius 1 is 1.13 bits per heavy atom. The van der Waals surface area contributed by atoms with Gasteiger partial charge in [0.25, 0.3) is 5.91 Å². The molecule has 1 aromatic heterocycles. The Kier molecular flexibility index (Phi) is 6.92. The average Bonchev–Trinajstić information content (AvgIpc) is 3.17. The standard InChI is InChI=1S/C23H29N3O4/c1-3-26(19-7-4-6-16(2)14-19)21(27)15-25-13-5-8-20(25)22(28)24-18-11-9-17(10-12-18)23(29)30/h4-8,13-14,17-18H,3,9-12,15H2,1-2H3,(H,24,28)(H,29,30). The molecular weight excluding hydrogens is 382 g/mol. The fourth-order valence-electron chi connectivity index (χ4n) is 4.03. The van der Waals surface area contributed by atoms with Gasteiger partial charge in [-0.3, -0.25) is 14.4 Å². The zero-order valence-electron chi connectivity index (χ0n) is 17.5. The van der Waals surface area contributed by atoms with E-state index in [2.05, 4.69) is 5.32 Å². The number of benzene rings is 1. The zero-order chi connectivity index (χ0) is 21.7. The minimum Gasteiger partial charge on any atom is -0.481 e. The topological polar surface area (TPSA) is 91.6 Å². The number of aryl methyl sites for hydroxylation is 1. The third-order valence-corrected chi connectivity index (χ3v) is 5.71. The van der Waals surface area contributed by atoms with E-state index in [4.69, 9.17) is 5.11 Å². The highest BCUT2D eigenvalue weighted by atomic mass is 16.4. The van der Waals surface area contributed by atoms with Gasteiger partial charge in [-0.2, -0.15) is 0 Å². The normalized spacial score (nSPS) is 18.6. The van der Waals surface area contributed by atoms with Crippen LogP contribution in [0, 0.1) is 12.8 Å². The Morgan fingerprint density at radius 2 is 1.87 bits per heavy atom. The highest BCUT2D eigenvalue weighted by Crippen LogP contribution is 2.24. The second kappa shape index (κ2) is 9.61. The number of nitrogens with zero attached hydrogens (tertiary/aromatic N) is 2. The average molecular weight is 412 g/mol. The van der Waals surface area contributed by atoms with Gasteiger partial charge in [0.15, 0.2) is 0 Å². The van der Waals surface area contributed by atoms with Crippen LogP contribution in [-0.4, -0.2) is 40.0 Å². The van der Waals surface area contributed by atoms with E-state index in [0.29, 0.717) is 37.9 Å². The molecule has 2 N–H and O–H groups in total. The van der Waals surface area contributed by atoms with E-state index >= 15 is 0 Å². The van der Waals surface area contributed by atoms with Crippen LogP contribution in [0.5, 0.6) is 0 Å². The molecule has 1 aliphatic rings. The molecule has 1 aromatic carbocycles. The van der Waals surface area contributed by atoms with Crippen molar-refractivity contribution in [2.24, 2.45) is 5.92 Å². The van der Waals surface area contributed by atoms with Crippen LogP contribution in [0.15, 0.2) is 42.6 Å². The molecule has 1 fully saturated rings. The fourth-order valence-corrected chi connectivity index (χ4v) is 4.03. The van der Waals surface area contributed by atoms with Crippen molar-refractivity contribution >= 4 is 23.5 Å². The lowest BCUT2D eigenvalue weighted by atomic mass is 9.86. The van der Waals surface area contributed by atoms with Gasteiger partial charge in [0, 0.05) is 24.5 Å². The maximum Gasteiger partial charge on any atom is 0.306 e. The van der Waals surface area contributed by atoms with Crippen molar-refractivity contribution in [1.82, 2.24) is 9.88 Å². The molecule has 0 saturated heterocycles. The number of rotatable bonds is 7. The van der Waals surface area contributed by atoms with Gasteiger partial charge in [-0.05, 0) is 69.4 Å². The number of carboxylic acids is 1. The molecule has 0 aliphatic heterocycles. The van der Waals surface area contributed by atoms with E-state index in [-0.39, 0.29) is 30.3 Å². The van der Waals surface area contributed by atoms with E-state index in [1.165, 1.54) is 0 Å². The molecule has 0 radical (unpaired) electrons. The second-order valence-corrected chi connectivity index (χ2v) is 7.86. The minimum absolute atomic E-state index is 0.0356. The van der Waals surface area contributed by atoms with Gasteiger partial charge in [-0.25, -0.2) is 0 Å². The smallest absolute Gasteiger partial charge is 0.306 e. The number of likely N-dealkylation sites (N-methyl/N-ethyl adjacent to an activating group) is 1. The number of carboxylic acid groups (broad SMARTS) is 1. The maximum atomic E-state index is 12.9. The third kappa shape index (κ3) is 5.09. The zero-order valence-corrected chi connectivity index (χ0v) is 17.5. The summed E-state index contributed by atoms with van der Waals surface area (Å²) in [5.74, 6) is -1.40. The van der Waals surface area contributed by atoms with Crippen molar-refractivity contribution < 1.29 is 19.5 Å². The van der Waals surface area contributed by atoms with Crippen molar-refractivity contribution in [3.05, 3.63) is 53.9 Å². The number of hydrogen-bond donors (Lipinski definition) is 2. The van der Waals surface area contributed by atoms with Crippen molar-refractivity contribution in [3.63, 3.8) is 0 Å². The summed E-state index contributed by atoms with van der Waals surface area (Å²) in [6.07, 6.45) is 4.18. The van der Waals surface area contributed by atoms with E-state index in [1.54, 1.807) is 27.8 Å². The fraction of sp³-hybridized carbons (Fsp3) is 0.435. The van der Waals surface area contributed by atoms with E-state index < -0.39 is 5.97 Å². The van der Waals surface area contributed by atoms with Gasteiger partial charge in [0.05, 0.1) is 5.92 Å². The Morgan fingerprint density at radius 3 is 2.50 bits per heavy atom. The lowest BCUT2D eigenvalue weighted by molar-refractivity contribution is -0.142. The number of aliphatic carboxylic acids is 1. The van der Waals surface area contributed by atoms with Crippen LogP contribution in [0.4, 0.5) is 5.69 Å². The quantitative estimate of drug-likeness (QED) is 0.732. The predicted octanol–water partition coefficient (Wildman–Crippen LogP) is 3.22. The van der Waals surface area contributed by atoms with Gasteiger partial charge < -0.3 is 19.9 Å². The summed E-state index contributed by atoms with van der Waals surface area (Å²) in [4.78, 5) is 38.5. The summed E-state index contributed by atoms with van der Waals surface area (Å²) in [6, 6.07) is 11.2. The Hall–Kier alpha value is -3.09. The summed E-state index contributed by atoms with van der Waals surface area (Å²) in [5.41, 5.74) is 2.36. The van der Waals surface area contributed by atoms with Crippen molar-refractivity contribution in [1.29, 1.82) is 0 Å². The van der Waals surface area contributed by atoms with E-state index in [9.17, 15) is 14.4 Å². The number of nitrogens with one attached hydrogen (secondary N) is 1. The van der Waals surface area contributed by atoms with E-state index in [0.717, 1.165) is 11.3 Å². The first-order chi connectivity index (χ1) is 14.4. The molecule has 7 nitrogen and oxygen atoms in total. The number of carbonyl (C=O) groups is 3. The highest BCUT2D eigenvalue weighted by molar-refractivity contribution is 5.96. The summed E-state index contributed by atoms with van der Waals surface area (Å²) in [6.45, 7) is 4.53. The highest BCUT2D eigenvalue weighted by Gasteiger charge is 2.27. The van der Waals surface area contributed by atoms with E-state index in [1.807, 2.05) is 38.1 Å². The third-order valence-electron chi connectivity index (χ3n) is 5.71. The van der Waals surface area contributed by atoms with Crippen LogP contribution in [0.1, 0.15) is 48.7 Å². The largest absolute Gasteiger partial charge is 0.481 e. The molecule has 0 atom stereocenters. The number of aromatic nitrogens is 1. The molecule has 160 valence electrons. The molecule has 3 rings (SSSR count). The summed E-state index contributed by atoms with van der Waals surface area (Å²) in [5, 5.41) is 12.1. The van der Waals surface area contributed by atoms with Crippen LogP contribution in [-0.2, 0) is 16.1 Å². The van der Waals surface area contributed by atoms with Crippen molar-refractivity contribution in [2.75, 3.05) is 11.4 Å². The molecule has 0 unspecified atom stereocenters. The van der Waals surface area contributed by atoms with Crippen LogP contribution in [0.2, 0.25) is 0 Å². The molecule has 0 spiro atoms. The summed E-state index contributed by atoms with van der Waals surface area (Å²) < 4.78 is 1.67. The molecule has 1 saturated carbocycles. The number of amides is 2. The van der Waals surface area contributed by atoms with Gasteiger partial charge in [-0.15, -0.1) is 0 Å². The molecule has 30 heavy (non-hydrogen) atoms. The molecule has 1 aliphatic carbocycles. The first kappa shape index (κ1) is 21.6. The van der Waals surface area contributed by atoms with Crippen LogP contribution in [0.25, 0.3) is 0 Å². The Labute approximate surface area is 176 Å². The van der Waals surface area contributed by atoms with Crippen LogP contribution in [0.3, 0.4) is 0 Å². The SMILES string of the molecule is CCN(C(=O)Cn1cccc1C(=O)NC1CCC(C(=O)O)CC1)c1cccc(C)c1. The maximum absolute atomic E-state index is 12.9. The Balaban J connectivity index is 1.64. The molecule has 7 heteroatoms. The molecule has 2 amide bonds. The van der Waals surface area contributed by atoms with Crippen molar-refractivity contribution in [2.45, 2.75) is 52.1 Å². The predicted molar refractivity (Wildman–Crippen MR) is 114 cm³/mol. The van der Waals surface area contributed by atoms with Gasteiger partial charge in [0.2, 0.25) is 5.91 Å². The first-order valence-corrected chi connectivity index (χ1v) is 10.4. The molecule has 1 heterocycles. The number of anilines is 1. The lowest BCUT2D eigenvalue weighted by Crippen LogP contribution is -2.40. The van der Waals surface area contributed by atoms with Gasteiger partial charge in [-0.1, -0.05) is 12.1 Å². The molecular formula is C23H29N3O4. The van der Waals surface area contributed by atoms with Crippen LogP contribution >= 0.6 is 0 Å². The molecule has 0 bridgehead atoms. The summed E-state index contributed by atoms with van der Waals surface area (Å²) in [7, 11) is 0. The van der Waals surface area contributed by atoms with Crippen molar-refractivity contribution in [3.8, 4) is 0 Å². The second-order valence-electron chi connectivity index (χ2n) is 7.86. The summed E-state index contributed by atoms with van der Waals surface area (Å²) >= 11 is 0. The number of hydrogen-bond acceptors (Lipinski definition) is 3. The minimum atomic E-state index is -0.763. The lowest BCUT2D eigenvalue weighted by Gasteiger charge is -2.27. The van der Waals surface area contributed by atoms with Gasteiger partial charge in [0.1, 0.15) is 12.2 Å². The van der Waals surface area contributed by atoms with Crippen LogP contribution < -0.4 is 10.2 Å². The monoisotopic (exact) mass is 411 g/mol. The first-order valence-electron chi connectivity index (χ1n) is 10.4. The van der Waals surface area contributed by atoms with Gasteiger partial charge >= 0.3 is 5.97 Å².